The Morgan fingerprint density at radius 3 is 2.33 bits per heavy atom. The van der Waals surface area contributed by atoms with E-state index in [2.05, 4.69) is 50.4 Å². The molecule has 0 radical (unpaired) electrons. The molecule has 0 aliphatic heterocycles. The molecule has 1 N–H and O–H groups in total. The standard InChI is InChI=1S/C19H27NO/c1-5-12-20-19(18-11-8-14(4)21-18)17-10-9-15(6-2)16(7-3)13-17/h8-11,13,19-20H,5-7,12H2,1-4H3. The molecule has 0 aliphatic carbocycles. The highest BCUT2D eigenvalue weighted by Gasteiger charge is 2.17. The fourth-order valence-corrected chi connectivity index (χ4v) is 2.78. The third-order valence-electron chi connectivity index (χ3n) is 3.97. The Morgan fingerprint density at radius 1 is 1.00 bits per heavy atom. The summed E-state index contributed by atoms with van der Waals surface area (Å²) in [7, 11) is 0. The van der Waals surface area contributed by atoms with Gasteiger partial charge < -0.3 is 9.73 Å². The number of rotatable bonds is 7. The van der Waals surface area contributed by atoms with Crippen LogP contribution in [0.2, 0.25) is 0 Å². The summed E-state index contributed by atoms with van der Waals surface area (Å²) in [6.45, 7) is 9.62. The second-order valence-electron chi connectivity index (χ2n) is 5.57. The van der Waals surface area contributed by atoms with E-state index in [9.17, 15) is 0 Å². The van der Waals surface area contributed by atoms with Crippen molar-refractivity contribution in [3.63, 3.8) is 0 Å². The summed E-state index contributed by atoms with van der Waals surface area (Å²) in [6.07, 6.45) is 3.29. The van der Waals surface area contributed by atoms with Gasteiger partial charge in [0.2, 0.25) is 0 Å². The van der Waals surface area contributed by atoms with Gasteiger partial charge in [0.15, 0.2) is 0 Å². The van der Waals surface area contributed by atoms with Crippen molar-refractivity contribution < 1.29 is 4.42 Å². The Labute approximate surface area is 128 Å². The van der Waals surface area contributed by atoms with E-state index in [1.165, 1.54) is 16.7 Å². The number of nitrogens with one attached hydrogen (secondary N) is 1. The topological polar surface area (TPSA) is 25.2 Å². The molecule has 2 nitrogen and oxygen atoms in total. The van der Waals surface area contributed by atoms with Gasteiger partial charge in [0.05, 0.1) is 6.04 Å². The first-order chi connectivity index (χ1) is 10.2. The van der Waals surface area contributed by atoms with Crippen LogP contribution >= 0.6 is 0 Å². The monoisotopic (exact) mass is 285 g/mol. The van der Waals surface area contributed by atoms with Crippen LogP contribution < -0.4 is 5.32 Å². The van der Waals surface area contributed by atoms with Gasteiger partial charge in [-0.05, 0) is 61.6 Å². The summed E-state index contributed by atoms with van der Waals surface area (Å²) in [6, 6.07) is 11.1. The summed E-state index contributed by atoms with van der Waals surface area (Å²) in [5.74, 6) is 1.97. The maximum Gasteiger partial charge on any atom is 0.125 e. The summed E-state index contributed by atoms with van der Waals surface area (Å²) in [5.41, 5.74) is 4.19. The largest absolute Gasteiger partial charge is 0.464 e. The predicted molar refractivity (Wildman–Crippen MR) is 88.8 cm³/mol. The van der Waals surface area contributed by atoms with E-state index in [0.717, 1.165) is 37.3 Å². The Hall–Kier alpha value is -1.54. The van der Waals surface area contributed by atoms with E-state index in [1.807, 2.05) is 13.0 Å². The van der Waals surface area contributed by atoms with E-state index < -0.39 is 0 Å². The van der Waals surface area contributed by atoms with Crippen molar-refractivity contribution in [1.29, 1.82) is 0 Å². The van der Waals surface area contributed by atoms with Crippen molar-refractivity contribution in [2.45, 2.75) is 53.0 Å². The van der Waals surface area contributed by atoms with Crippen LogP contribution in [0.5, 0.6) is 0 Å². The molecule has 21 heavy (non-hydrogen) atoms. The first-order valence-electron chi connectivity index (χ1n) is 8.10. The molecule has 0 saturated carbocycles. The van der Waals surface area contributed by atoms with E-state index in [0.29, 0.717) is 0 Å². The second-order valence-corrected chi connectivity index (χ2v) is 5.57. The molecule has 0 spiro atoms. The third kappa shape index (κ3) is 3.76. The molecule has 114 valence electrons. The van der Waals surface area contributed by atoms with Crippen LogP contribution in [-0.2, 0) is 12.8 Å². The van der Waals surface area contributed by atoms with E-state index in [4.69, 9.17) is 4.42 Å². The van der Waals surface area contributed by atoms with Crippen LogP contribution in [-0.4, -0.2) is 6.54 Å². The molecule has 0 bridgehead atoms. The smallest absolute Gasteiger partial charge is 0.125 e. The zero-order valence-electron chi connectivity index (χ0n) is 13.7. The number of aryl methyl sites for hydroxylation is 3. The van der Waals surface area contributed by atoms with Crippen molar-refractivity contribution in [2.75, 3.05) is 6.54 Å². The average molecular weight is 285 g/mol. The van der Waals surface area contributed by atoms with Gasteiger partial charge in [0, 0.05) is 0 Å². The number of benzene rings is 1. The van der Waals surface area contributed by atoms with Gasteiger partial charge in [-0.15, -0.1) is 0 Å². The van der Waals surface area contributed by atoms with Crippen molar-refractivity contribution in [3.05, 3.63) is 58.5 Å². The van der Waals surface area contributed by atoms with Gasteiger partial charge in [-0.1, -0.05) is 39.0 Å². The van der Waals surface area contributed by atoms with Crippen LogP contribution in [0.1, 0.15) is 61.4 Å². The quantitative estimate of drug-likeness (QED) is 0.790. The summed E-state index contributed by atoms with van der Waals surface area (Å²) >= 11 is 0. The molecule has 0 fully saturated rings. The lowest BCUT2D eigenvalue weighted by atomic mass is 9.95. The molecule has 2 aromatic rings. The van der Waals surface area contributed by atoms with Crippen LogP contribution in [0.15, 0.2) is 34.7 Å². The van der Waals surface area contributed by atoms with E-state index >= 15 is 0 Å². The molecule has 0 saturated heterocycles. The van der Waals surface area contributed by atoms with Crippen LogP contribution in [0, 0.1) is 6.92 Å². The Morgan fingerprint density at radius 2 is 1.76 bits per heavy atom. The SMILES string of the molecule is CCCNC(c1ccc(CC)c(CC)c1)c1ccc(C)o1. The maximum absolute atomic E-state index is 5.86. The van der Waals surface area contributed by atoms with Crippen LogP contribution in [0.3, 0.4) is 0 Å². The van der Waals surface area contributed by atoms with Crippen LogP contribution in [0.25, 0.3) is 0 Å². The highest BCUT2D eigenvalue weighted by molar-refractivity contribution is 5.36. The molecule has 0 amide bonds. The van der Waals surface area contributed by atoms with Gasteiger partial charge >= 0.3 is 0 Å². The van der Waals surface area contributed by atoms with Crippen LogP contribution in [0.4, 0.5) is 0 Å². The molecule has 2 rings (SSSR count). The van der Waals surface area contributed by atoms with Gasteiger partial charge in [-0.2, -0.15) is 0 Å². The second kappa shape index (κ2) is 7.46. The molecular weight excluding hydrogens is 258 g/mol. The lowest BCUT2D eigenvalue weighted by molar-refractivity contribution is 0.430. The van der Waals surface area contributed by atoms with Crippen molar-refractivity contribution in [1.82, 2.24) is 5.32 Å². The Balaban J connectivity index is 2.36. The van der Waals surface area contributed by atoms with Gasteiger partial charge in [-0.3, -0.25) is 0 Å². The Bertz CT molecular complexity index is 571. The molecule has 1 unspecified atom stereocenters. The molecule has 2 heteroatoms. The molecule has 0 aliphatic rings. The number of furan rings is 1. The molecule has 1 heterocycles. The fourth-order valence-electron chi connectivity index (χ4n) is 2.78. The lowest BCUT2D eigenvalue weighted by Crippen LogP contribution is -2.23. The van der Waals surface area contributed by atoms with Gasteiger partial charge in [0.25, 0.3) is 0 Å². The molecular formula is C19H27NO. The zero-order chi connectivity index (χ0) is 15.2. The van der Waals surface area contributed by atoms with Crippen molar-refractivity contribution >= 4 is 0 Å². The highest BCUT2D eigenvalue weighted by atomic mass is 16.3. The minimum Gasteiger partial charge on any atom is -0.464 e. The number of hydrogen-bond acceptors (Lipinski definition) is 2. The average Bonchev–Trinajstić information content (AvgIpc) is 2.93. The van der Waals surface area contributed by atoms with E-state index in [1.54, 1.807) is 0 Å². The van der Waals surface area contributed by atoms with Crippen molar-refractivity contribution in [3.8, 4) is 0 Å². The van der Waals surface area contributed by atoms with Crippen molar-refractivity contribution in [2.24, 2.45) is 0 Å². The molecule has 1 aromatic carbocycles. The van der Waals surface area contributed by atoms with Gasteiger partial charge in [-0.25, -0.2) is 0 Å². The minimum atomic E-state index is 0.148. The predicted octanol–water partition coefficient (Wildman–Crippen LogP) is 4.80. The van der Waals surface area contributed by atoms with E-state index in [-0.39, 0.29) is 6.04 Å². The fraction of sp³-hybridized carbons (Fsp3) is 0.474. The molecule has 1 aromatic heterocycles. The first kappa shape index (κ1) is 15.8. The summed E-state index contributed by atoms with van der Waals surface area (Å²) < 4.78 is 5.86. The summed E-state index contributed by atoms with van der Waals surface area (Å²) in [5, 5.41) is 3.61. The zero-order valence-corrected chi connectivity index (χ0v) is 13.7. The highest BCUT2D eigenvalue weighted by Crippen LogP contribution is 2.26. The minimum absolute atomic E-state index is 0.148. The van der Waals surface area contributed by atoms with Gasteiger partial charge in [0.1, 0.15) is 11.5 Å². The third-order valence-corrected chi connectivity index (χ3v) is 3.97. The maximum atomic E-state index is 5.86. The first-order valence-corrected chi connectivity index (χ1v) is 8.10. The lowest BCUT2D eigenvalue weighted by Gasteiger charge is -2.19. The normalized spacial score (nSPS) is 12.6. The molecule has 1 atom stereocenters. The Kier molecular flexibility index (Phi) is 5.63. The summed E-state index contributed by atoms with van der Waals surface area (Å²) in [4.78, 5) is 0. The number of hydrogen-bond donors (Lipinski definition) is 1.